The van der Waals surface area contributed by atoms with Gasteiger partial charge in [-0.3, -0.25) is 0 Å². The zero-order valence-electron chi connectivity index (χ0n) is 34.5. The minimum absolute atomic E-state index is 0. The van der Waals surface area contributed by atoms with Gasteiger partial charge in [0.25, 0.3) is 0 Å². The number of allylic oxidation sites excluding steroid dienone is 4. The zero-order chi connectivity index (χ0) is 40.6. The second kappa shape index (κ2) is 16.4. The van der Waals surface area contributed by atoms with Crippen molar-refractivity contribution in [3.05, 3.63) is 150 Å². The monoisotopic (exact) mass is 902 g/mol. The molecule has 57 heavy (non-hydrogen) atoms. The molecule has 0 saturated heterocycles. The van der Waals surface area contributed by atoms with Gasteiger partial charge in [0.05, 0.1) is 0 Å². The van der Waals surface area contributed by atoms with Crippen LogP contribution in [-0.2, 0) is 44.4 Å². The van der Waals surface area contributed by atoms with Crippen molar-refractivity contribution in [3.63, 3.8) is 0 Å². The van der Waals surface area contributed by atoms with Crippen molar-refractivity contribution in [1.82, 2.24) is 0 Å². The van der Waals surface area contributed by atoms with Crippen LogP contribution in [-0.4, -0.2) is 3.21 Å². The largest absolute Gasteiger partial charge is 1.00 e. The molecule has 0 bridgehead atoms. The third-order valence-corrected chi connectivity index (χ3v) is 20.2. The number of alkyl halides is 6. The van der Waals surface area contributed by atoms with Crippen LogP contribution in [0.15, 0.2) is 105 Å². The smallest absolute Gasteiger partial charge is 1.00 e. The van der Waals surface area contributed by atoms with Crippen molar-refractivity contribution in [2.75, 3.05) is 0 Å². The van der Waals surface area contributed by atoms with Gasteiger partial charge in [-0.25, -0.2) is 0 Å². The van der Waals surface area contributed by atoms with Crippen LogP contribution in [0.25, 0.3) is 11.1 Å². The standard InChI is InChI=1S/C21H25.C15H8F6.C12H19.2ClH.Zr/c1-20(2,3)16-7-9-18-14(12-16)11-15-13-17(21(4,5)6)8-10-19(15)18;16-14(17,18)12-5-1-3-10(8-12)7-11-4-2-6-13(9-11)15(19,20)21;1-6-10-7-9(2)8-11(10)12(3,4)5;;;/h7-13H,1-6H3;1-6,8-9H;8-9H,6H2,1-5H3;2*1H;/q;;;;;+2/p-2. The number of benzene rings is 4. The van der Waals surface area contributed by atoms with Gasteiger partial charge in [0.1, 0.15) is 0 Å². The third-order valence-electron chi connectivity index (χ3n) is 11.2. The van der Waals surface area contributed by atoms with E-state index >= 15 is 0 Å². The minimum atomic E-state index is -4.64. The Morgan fingerprint density at radius 2 is 0.982 bits per heavy atom. The van der Waals surface area contributed by atoms with E-state index in [2.05, 4.69) is 119 Å². The topological polar surface area (TPSA) is 0 Å². The summed E-state index contributed by atoms with van der Waals surface area (Å²) in [6.07, 6.45) is -6.24. The van der Waals surface area contributed by atoms with Crippen LogP contribution >= 0.6 is 0 Å². The molecule has 0 amide bonds. The zero-order valence-corrected chi connectivity index (χ0v) is 38.5. The molecular formula is C48H52Cl2F6Zr. The molecule has 6 rings (SSSR count). The molecular weight excluding hydrogens is 853 g/mol. The first-order valence-electron chi connectivity index (χ1n) is 19.2. The van der Waals surface area contributed by atoms with Crippen LogP contribution in [0.5, 0.6) is 0 Å². The summed E-state index contributed by atoms with van der Waals surface area (Å²) in [6.45, 7) is 23.9. The Hall–Kier alpha value is -2.73. The maximum atomic E-state index is 14.6. The summed E-state index contributed by atoms with van der Waals surface area (Å²) >= 11 is -3.87. The van der Waals surface area contributed by atoms with Crippen LogP contribution in [0.4, 0.5) is 26.3 Å². The van der Waals surface area contributed by atoms with Crippen molar-refractivity contribution < 1.29 is 72.4 Å². The minimum Gasteiger partial charge on any atom is -1.00 e. The van der Waals surface area contributed by atoms with Crippen LogP contribution < -0.4 is 24.8 Å². The van der Waals surface area contributed by atoms with Crippen LogP contribution in [0, 0.1) is 11.3 Å². The van der Waals surface area contributed by atoms with E-state index in [4.69, 9.17) is 0 Å². The summed E-state index contributed by atoms with van der Waals surface area (Å²) in [5.74, 6) is -0.0470. The summed E-state index contributed by atoms with van der Waals surface area (Å²) in [5.41, 5.74) is 7.59. The summed E-state index contributed by atoms with van der Waals surface area (Å²) in [5, 5.41) is 0. The van der Waals surface area contributed by atoms with Crippen molar-refractivity contribution in [2.45, 2.75) is 109 Å². The van der Waals surface area contributed by atoms with E-state index in [1.165, 1.54) is 38.7 Å². The van der Waals surface area contributed by atoms with Crippen molar-refractivity contribution in [2.24, 2.45) is 11.3 Å². The maximum absolute atomic E-state index is 14.6. The van der Waals surface area contributed by atoms with E-state index in [0.29, 0.717) is 20.8 Å². The molecule has 304 valence electrons. The SMILES string of the molecule is CCC1=[C]([Zr+2](=[C](c2cccc(C(F)(F)F)c2)c2cccc(C(F)(F)F)c2)[CH]2c3cc(C(C)(C)C)ccc3-c3ccc(C(C)(C)C)cc32)C(C)C=C1C(C)(C)C.[Cl-].[Cl-]. The van der Waals surface area contributed by atoms with E-state index in [-0.39, 0.29) is 50.6 Å². The van der Waals surface area contributed by atoms with Gasteiger partial charge >= 0.3 is 333 Å². The fourth-order valence-corrected chi connectivity index (χ4v) is 18.6. The van der Waals surface area contributed by atoms with E-state index in [1.807, 2.05) is 0 Å². The summed E-state index contributed by atoms with van der Waals surface area (Å²) in [4.78, 5) is 0. The van der Waals surface area contributed by atoms with Gasteiger partial charge < -0.3 is 24.8 Å². The van der Waals surface area contributed by atoms with Crippen LogP contribution in [0.3, 0.4) is 0 Å². The predicted molar refractivity (Wildman–Crippen MR) is 211 cm³/mol. The number of hydrogen-bond acceptors (Lipinski definition) is 0. The summed E-state index contributed by atoms with van der Waals surface area (Å²) in [7, 11) is 0. The predicted octanol–water partition coefficient (Wildman–Crippen LogP) is 8.57. The number of hydrogen-bond donors (Lipinski definition) is 0. The molecule has 0 radical (unpaired) electrons. The molecule has 0 aliphatic heterocycles. The number of halogens is 8. The van der Waals surface area contributed by atoms with Gasteiger partial charge in [-0.15, -0.1) is 0 Å². The molecule has 0 heterocycles. The Morgan fingerprint density at radius 1 is 0.561 bits per heavy atom. The molecule has 2 aliphatic carbocycles. The average molecular weight is 905 g/mol. The molecule has 0 spiro atoms. The molecule has 0 nitrogen and oxygen atoms in total. The van der Waals surface area contributed by atoms with E-state index in [0.717, 1.165) is 45.5 Å². The maximum Gasteiger partial charge on any atom is -1.00 e. The van der Waals surface area contributed by atoms with Crippen LogP contribution in [0.2, 0.25) is 0 Å². The summed E-state index contributed by atoms with van der Waals surface area (Å²) in [6, 6.07) is 23.9. The van der Waals surface area contributed by atoms with Gasteiger partial charge in [0.15, 0.2) is 0 Å². The van der Waals surface area contributed by atoms with Gasteiger partial charge in [0, 0.05) is 0 Å². The molecule has 1 atom stereocenters. The van der Waals surface area contributed by atoms with E-state index in [9.17, 15) is 26.3 Å². The fraction of sp³-hybridized carbons (Fsp3) is 0.396. The van der Waals surface area contributed by atoms with Gasteiger partial charge in [-0.1, -0.05) is 0 Å². The van der Waals surface area contributed by atoms with Crippen molar-refractivity contribution in [1.29, 1.82) is 0 Å². The quantitative estimate of drug-likeness (QED) is 0.176. The number of fused-ring (bicyclic) bond motifs is 3. The molecule has 0 aromatic heterocycles. The molecule has 0 fully saturated rings. The molecule has 4 aromatic rings. The molecule has 1 unspecified atom stereocenters. The average Bonchev–Trinajstić information content (AvgIpc) is 3.59. The third kappa shape index (κ3) is 9.22. The Labute approximate surface area is 355 Å². The first-order valence-corrected chi connectivity index (χ1v) is 23.0. The van der Waals surface area contributed by atoms with Crippen molar-refractivity contribution in [3.8, 4) is 11.1 Å². The Bertz CT molecular complexity index is 2130. The van der Waals surface area contributed by atoms with Gasteiger partial charge in [0.2, 0.25) is 0 Å². The van der Waals surface area contributed by atoms with Crippen LogP contribution in [0.1, 0.15) is 131 Å². The Kier molecular flexibility index (Phi) is 13.5. The van der Waals surface area contributed by atoms with Gasteiger partial charge in [-0.2, -0.15) is 0 Å². The second-order valence-corrected chi connectivity index (χ2v) is 24.4. The first kappa shape index (κ1) is 47.0. The van der Waals surface area contributed by atoms with E-state index < -0.39 is 44.7 Å². The Morgan fingerprint density at radius 3 is 1.33 bits per heavy atom. The fourth-order valence-electron chi connectivity index (χ4n) is 8.46. The Balaban J connectivity index is 0.00000360. The normalized spacial score (nSPS) is 15.9. The van der Waals surface area contributed by atoms with E-state index in [1.54, 1.807) is 12.1 Å². The molecule has 4 aromatic carbocycles. The van der Waals surface area contributed by atoms with Gasteiger partial charge in [-0.05, 0) is 0 Å². The molecule has 9 heteroatoms. The summed E-state index contributed by atoms with van der Waals surface area (Å²) < 4.78 is 89.1. The number of rotatable bonds is 5. The molecule has 2 aliphatic rings. The van der Waals surface area contributed by atoms with Crippen molar-refractivity contribution >= 4 is 3.21 Å². The first-order chi connectivity index (χ1) is 25.3. The molecule has 0 saturated carbocycles. The second-order valence-electron chi connectivity index (χ2n) is 18.3. The molecule has 0 N–H and O–H groups in total.